The van der Waals surface area contributed by atoms with E-state index >= 15 is 0 Å². The van der Waals surface area contributed by atoms with Crippen molar-refractivity contribution in [1.82, 2.24) is 10.2 Å². The number of hydrogen-bond donors (Lipinski definition) is 1. The smallest absolute Gasteiger partial charge is 0.0169 e. The standard InChI is InChI=1S/C14H28N2.ClH/c1-11-5-4-6-14(7-11)10-16-8-12(2)15-13(3)9-16;/h11-15H,4-10H2,1-3H3;1H. The van der Waals surface area contributed by atoms with E-state index in [-0.39, 0.29) is 12.4 Å². The predicted octanol–water partition coefficient (Wildman–Crippen LogP) is 2.92. The van der Waals surface area contributed by atoms with Crippen molar-refractivity contribution in [2.75, 3.05) is 19.6 Å². The van der Waals surface area contributed by atoms with Gasteiger partial charge in [0.05, 0.1) is 0 Å². The van der Waals surface area contributed by atoms with E-state index in [1.54, 1.807) is 0 Å². The molecule has 2 aliphatic rings. The Kier molecular flexibility index (Phi) is 6.25. The van der Waals surface area contributed by atoms with E-state index in [2.05, 4.69) is 31.0 Å². The van der Waals surface area contributed by atoms with Crippen molar-refractivity contribution >= 4 is 12.4 Å². The number of nitrogens with one attached hydrogen (secondary N) is 1. The summed E-state index contributed by atoms with van der Waals surface area (Å²) in [5, 5.41) is 3.61. The van der Waals surface area contributed by atoms with Crippen LogP contribution in [0.15, 0.2) is 0 Å². The van der Waals surface area contributed by atoms with E-state index in [4.69, 9.17) is 0 Å². The van der Waals surface area contributed by atoms with Crippen molar-refractivity contribution in [3.05, 3.63) is 0 Å². The predicted molar refractivity (Wildman–Crippen MR) is 76.9 cm³/mol. The molecule has 1 saturated heterocycles. The lowest BCUT2D eigenvalue weighted by atomic mass is 9.82. The lowest BCUT2D eigenvalue weighted by Crippen LogP contribution is -2.55. The van der Waals surface area contributed by atoms with E-state index in [9.17, 15) is 0 Å². The van der Waals surface area contributed by atoms with Gasteiger partial charge in [0, 0.05) is 31.7 Å². The summed E-state index contributed by atoms with van der Waals surface area (Å²) in [6.45, 7) is 10.9. The summed E-state index contributed by atoms with van der Waals surface area (Å²) in [5.74, 6) is 1.94. The van der Waals surface area contributed by atoms with Crippen LogP contribution in [-0.2, 0) is 0 Å². The maximum atomic E-state index is 3.61. The molecule has 1 aliphatic carbocycles. The van der Waals surface area contributed by atoms with Crippen LogP contribution >= 0.6 is 12.4 Å². The first-order chi connectivity index (χ1) is 7.63. The normalized spacial score (nSPS) is 39.7. The van der Waals surface area contributed by atoms with Crippen molar-refractivity contribution in [2.24, 2.45) is 11.8 Å². The molecule has 17 heavy (non-hydrogen) atoms. The van der Waals surface area contributed by atoms with Crippen molar-refractivity contribution in [3.8, 4) is 0 Å². The monoisotopic (exact) mass is 260 g/mol. The van der Waals surface area contributed by atoms with E-state index < -0.39 is 0 Å². The maximum Gasteiger partial charge on any atom is 0.0169 e. The summed E-state index contributed by atoms with van der Waals surface area (Å²) in [7, 11) is 0. The zero-order valence-electron chi connectivity index (χ0n) is 11.6. The van der Waals surface area contributed by atoms with Crippen LogP contribution in [0.2, 0.25) is 0 Å². The zero-order chi connectivity index (χ0) is 11.5. The molecule has 2 nitrogen and oxygen atoms in total. The second kappa shape index (κ2) is 6.96. The van der Waals surface area contributed by atoms with Crippen LogP contribution in [0.5, 0.6) is 0 Å². The van der Waals surface area contributed by atoms with Crippen LogP contribution in [0.25, 0.3) is 0 Å². The third kappa shape index (κ3) is 4.76. The van der Waals surface area contributed by atoms with Gasteiger partial charge in [-0.1, -0.05) is 19.8 Å². The van der Waals surface area contributed by atoms with Gasteiger partial charge in [-0.3, -0.25) is 4.90 Å². The lowest BCUT2D eigenvalue weighted by molar-refractivity contribution is 0.128. The highest BCUT2D eigenvalue weighted by atomic mass is 35.5. The molecule has 0 spiro atoms. The third-order valence-electron chi connectivity index (χ3n) is 4.19. The van der Waals surface area contributed by atoms with E-state index in [1.165, 1.54) is 45.3 Å². The van der Waals surface area contributed by atoms with Gasteiger partial charge in [0.2, 0.25) is 0 Å². The van der Waals surface area contributed by atoms with Gasteiger partial charge < -0.3 is 5.32 Å². The molecule has 0 aromatic carbocycles. The Hall–Kier alpha value is 0.210. The fourth-order valence-corrected chi connectivity index (χ4v) is 3.68. The van der Waals surface area contributed by atoms with Crippen molar-refractivity contribution in [3.63, 3.8) is 0 Å². The number of piperazine rings is 1. The molecule has 1 saturated carbocycles. The van der Waals surface area contributed by atoms with E-state index in [1.807, 2.05) is 0 Å². The molecule has 2 rings (SSSR count). The highest BCUT2D eigenvalue weighted by Crippen LogP contribution is 2.29. The minimum Gasteiger partial charge on any atom is -0.309 e. The number of rotatable bonds is 2. The molecule has 1 N–H and O–H groups in total. The number of nitrogens with zero attached hydrogens (tertiary/aromatic N) is 1. The fraction of sp³-hybridized carbons (Fsp3) is 1.00. The molecule has 102 valence electrons. The molecule has 3 heteroatoms. The molecule has 0 bridgehead atoms. The third-order valence-corrected chi connectivity index (χ3v) is 4.19. The van der Waals surface area contributed by atoms with Gasteiger partial charge in [-0.25, -0.2) is 0 Å². The Morgan fingerprint density at radius 3 is 2.29 bits per heavy atom. The average Bonchev–Trinajstić information content (AvgIpc) is 2.15. The van der Waals surface area contributed by atoms with Crippen molar-refractivity contribution in [1.29, 1.82) is 0 Å². The average molecular weight is 261 g/mol. The second-order valence-electron chi connectivity index (χ2n) is 6.33. The van der Waals surface area contributed by atoms with E-state index in [0.29, 0.717) is 12.1 Å². The maximum absolute atomic E-state index is 3.61. The van der Waals surface area contributed by atoms with Crippen molar-refractivity contribution < 1.29 is 0 Å². The SMILES string of the molecule is CC1CCCC(CN2CC(C)NC(C)C2)C1.Cl. The van der Waals surface area contributed by atoms with Gasteiger partial charge in [0.15, 0.2) is 0 Å². The first-order valence-corrected chi connectivity index (χ1v) is 7.12. The molecule has 4 unspecified atom stereocenters. The molecule has 0 aromatic heterocycles. The lowest BCUT2D eigenvalue weighted by Gasteiger charge is -2.39. The molecule has 1 heterocycles. The Morgan fingerprint density at radius 1 is 1.06 bits per heavy atom. The quantitative estimate of drug-likeness (QED) is 0.821. The first-order valence-electron chi connectivity index (χ1n) is 7.12. The van der Waals surface area contributed by atoms with Crippen LogP contribution in [0.3, 0.4) is 0 Å². The first kappa shape index (κ1) is 15.3. The van der Waals surface area contributed by atoms with Crippen LogP contribution in [0.4, 0.5) is 0 Å². The molecule has 0 aromatic rings. The number of halogens is 1. The van der Waals surface area contributed by atoms with E-state index in [0.717, 1.165) is 11.8 Å². The minimum absolute atomic E-state index is 0. The summed E-state index contributed by atoms with van der Waals surface area (Å²) in [6, 6.07) is 1.34. The molecular formula is C14H29ClN2. The molecule has 4 atom stereocenters. The number of hydrogen-bond acceptors (Lipinski definition) is 2. The van der Waals surface area contributed by atoms with Gasteiger partial charge >= 0.3 is 0 Å². The van der Waals surface area contributed by atoms with Gasteiger partial charge in [0.25, 0.3) is 0 Å². The van der Waals surface area contributed by atoms with Gasteiger partial charge in [-0.05, 0) is 38.5 Å². The van der Waals surface area contributed by atoms with Crippen molar-refractivity contribution in [2.45, 2.75) is 58.5 Å². The minimum atomic E-state index is 0. The second-order valence-corrected chi connectivity index (χ2v) is 6.33. The topological polar surface area (TPSA) is 15.3 Å². The van der Waals surface area contributed by atoms with Crippen LogP contribution in [-0.4, -0.2) is 36.6 Å². The highest BCUT2D eigenvalue weighted by molar-refractivity contribution is 5.85. The Labute approximate surface area is 113 Å². The van der Waals surface area contributed by atoms with Gasteiger partial charge in [0.1, 0.15) is 0 Å². The molecule has 0 radical (unpaired) electrons. The largest absolute Gasteiger partial charge is 0.309 e. The summed E-state index contributed by atoms with van der Waals surface area (Å²) in [6.07, 6.45) is 5.86. The molecule has 2 fully saturated rings. The Balaban J connectivity index is 0.00000144. The van der Waals surface area contributed by atoms with Gasteiger partial charge in [-0.2, -0.15) is 0 Å². The van der Waals surface area contributed by atoms with Crippen LogP contribution < -0.4 is 5.32 Å². The Morgan fingerprint density at radius 2 is 1.71 bits per heavy atom. The molecule has 0 amide bonds. The molecular weight excluding hydrogens is 232 g/mol. The summed E-state index contributed by atoms with van der Waals surface area (Å²) in [5.41, 5.74) is 0. The zero-order valence-corrected chi connectivity index (χ0v) is 12.4. The van der Waals surface area contributed by atoms with Crippen LogP contribution in [0.1, 0.15) is 46.5 Å². The van der Waals surface area contributed by atoms with Gasteiger partial charge in [-0.15, -0.1) is 12.4 Å². The fourth-order valence-electron chi connectivity index (χ4n) is 3.68. The summed E-state index contributed by atoms with van der Waals surface area (Å²) < 4.78 is 0. The molecule has 1 aliphatic heterocycles. The summed E-state index contributed by atoms with van der Waals surface area (Å²) >= 11 is 0. The summed E-state index contributed by atoms with van der Waals surface area (Å²) in [4.78, 5) is 2.69. The Bertz CT molecular complexity index is 212. The highest BCUT2D eigenvalue weighted by Gasteiger charge is 2.25. The van der Waals surface area contributed by atoms with Crippen LogP contribution in [0, 0.1) is 11.8 Å².